The average molecular weight is 312 g/mol. The molecule has 0 spiro atoms. The number of nitrogens with one attached hydrogen (secondary N) is 1. The average Bonchev–Trinajstić information content (AvgIpc) is 2.51. The minimum Gasteiger partial charge on any atom is -1.00 e. The Labute approximate surface area is 134 Å². The van der Waals surface area contributed by atoms with Crippen molar-refractivity contribution in [2.75, 3.05) is 26.2 Å². The molecule has 1 atom stereocenters. The summed E-state index contributed by atoms with van der Waals surface area (Å²) in [7, 11) is 0. The summed E-state index contributed by atoms with van der Waals surface area (Å²) in [5, 5.41) is 0. The maximum atomic E-state index is 12.3. The third-order valence-electron chi connectivity index (χ3n) is 4.35. The first kappa shape index (κ1) is 18.0. The van der Waals surface area contributed by atoms with E-state index < -0.39 is 0 Å². The van der Waals surface area contributed by atoms with E-state index in [9.17, 15) is 4.79 Å². The monoisotopic (exact) mass is 311 g/mol. The van der Waals surface area contributed by atoms with Crippen LogP contribution >= 0.6 is 0 Å². The van der Waals surface area contributed by atoms with Crippen molar-refractivity contribution < 1.29 is 26.8 Å². The smallest absolute Gasteiger partial charge is 0.313 e. The van der Waals surface area contributed by atoms with Crippen LogP contribution in [0.3, 0.4) is 0 Å². The summed E-state index contributed by atoms with van der Waals surface area (Å²) in [4.78, 5) is 13.8. The van der Waals surface area contributed by atoms with Gasteiger partial charge in [-0.3, -0.25) is 4.79 Å². The van der Waals surface area contributed by atoms with Crippen molar-refractivity contribution in [1.82, 2.24) is 0 Å². The molecule has 1 aromatic rings. The predicted octanol–water partition coefficient (Wildman–Crippen LogP) is -1.42. The fourth-order valence-corrected chi connectivity index (χ4v) is 3.00. The molecule has 118 valence electrons. The lowest BCUT2D eigenvalue weighted by Crippen LogP contribution is -3.11. The third kappa shape index (κ3) is 4.72. The number of fused-ring (bicyclic) bond motifs is 1. The molecule has 2 rings (SSSR count). The fraction of sp³-hybridized carbons (Fsp3) is 0.588. The van der Waals surface area contributed by atoms with E-state index in [2.05, 4.69) is 32.0 Å². The molecular formula is C17H26ClNO2. The lowest BCUT2D eigenvalue weighted by molar-refractivity contribution is -0.896. The van der Waals surface area contributed by atoms with Gasteiger partial charge in [-0.25, -0.2) is 0 Å². The van der Waals surface area contributed by atoms with Gasteiger partial charge in [-0.1, -0.05) is 24.3 Å². The van der Waals surface area contributed by atoms with Gasteiger partial charge in [0, 0.05) is 0 Å². The number of rotatable bonds is 6. The zero-order valence-corrected chi connectivity index (χ0v) is 13.8. The van der Waals surface area contributed by atoms with Crippen LogP contribution in [0.2, 0.25) is 0 Å². The number of halogens is 1. The first-order chi connectivity index (χ1) is 9.76. The maximum absolute atomic E-state index is 12.3. The highest BCUT2D eigenvalue weighted by atomic mass is 35.5. The van der Waals surface area contributed by atoms with E-state index >= 15 is 0 Å². The number of likely N-dealkylation sites (N-methyl/N-ethyl adjacent to an activating group) is 1. The zero-order chi connectivity index (χ0) is 14.4. The number of aryl methyl sites for hydroxylation is 1. The normalized spacial score (nSPS) is 17.0. The lowest BCUT2D eigenvalue weighted by atomic mass is 9.83. The van der Waals surface area contributed by atoms with Crippen LogP contribution in [-0.4, -0.2) is 32.2 Å². The van der Waals surface area contributed by atoms with Gasteiger partial charge in [0.15, 0.2) is 0 Å². The summed E-state index contributed by atoms with van der Waals surface area (Å²) in [5.74, 6) is -0.0876. The van der Waals surface area contributed by atoms with Crippen LogP contribution in [0.15, 0.2) is 24.3 Å². The van der Waals surface area contributed by atoms with Crippen LogP contribution in [0.5, 0.6) is 0 Å². The van der Waals surface area contributed by atoms with Crippen molar-refractivity contribution in [3.05, 3.63) is 35.4 Å². The molecular weight excluding hydrogens is 286 g/mol. The second-order valence-corrected chi connectivity index (χ2v) is 5.52. The molecule has 1 unspecified atom stereocenters. The summed E-state index contributed by atoms with van der Waals surface area (Å²) >= 11 is 0. The Morgan fingerprint density at radius 1 is 1.29 bits per heavy atom. The summed E-state index contributed by atoms with van der Waals surface area (Å²) in [6.07, 6.45) is 3.09. The molecule has 0 aromatic heterocycles. The van der Waals surface area contributed by atoms with Gasteiger partial charge in [-0.05, 0) is 44.2 Å². The highest BCUT2D eigenvalue weighted by Gasteiger charge is 2.27. The number of carbonyl (C=O) groups is 1. The number of hydrogen-bond donors (Lipinski definition) is 1. The van der Waals surface area contributed by atoms with Crippen molar-refractivity contribution >= 4 is 5.97 Å². The molecule has 4 heteroatoms. The molecule has 1 aliphatic rings. The highest BCUT2D eigenvalue weighted by Crippen LogP contribution is 2.32. The second-order valence-electron chi connectivity index (χ2n) is 5.52. The maximum Gasteiger partial charge on any atom is 0.313 e. The Bertz CT molecular complexity index is 446. The van der Waals surface area contributed by atoms with Crippen molar-refractivity contribution in [3.63, 3.8) is 0 Å². The van der Waals surface area contributed by atoms with E-state index in [0.29, 0.717) is 6.61 Å². The number of ether oxygens (including phenoxy) is 1. The molecule has 3 nitrogen and oxygen atoms in total. The molecule has 0 fully saturated rings. The topological polar surface area (TPSA) is 30.7 Å². The SMILES string of the molecule is CC[NH+](CC)CCOC(=O)C1CCCc2ccccc21.[Cl-]. The van der Waals surface area contributed by atoms with Crippen molar-refractivity contribution in [3.8, 4) is 0 Å². The van der Waals surface area contributed by atoms with Gasteiger partial charge >= 0.3 is 5.97 Å². The minimum atomic E-state index is -0.0494. The zero-order valence-electron chi connectivity index (χ0n) is 13.0. The first-order valence-corrected chi connectivity index (χ1v) is 7.84. The van der Waals surface area contributed by atoms with Gasteiger partial charge in [0.05, 0.1) is 19.0 Å². The first-order valence-electron chi connectivity index (χ1n) is 7.84. The number of esters is 1. The highest BCUT2D eigenvalue weighted by molar-refractivity contribution is 5.79. The molecule has 1 N–H and O–H groups in total. The Kier molecular flexibility index (Phi) is 7.76. The molecule has 1 aromatic carbocycles. The summed E-state index contributed by atoms with van der Waals surface area (Å²) in [5.41, 5.74) is 2.49. The van der Waals surface area contributed by atoms with Crippen LogP contribution in [0, 0.1) is 0 Å². The summed E-state index contributed by atoms with van der Waals surface area (Å²) < 4.78 is 5.51. The standard InChI is InChI=1S/C17H25NO2.ClH/c1-3-18(4-2)12-13-20-17(19)16-11-7-9-14-8-5-6-10-15(14)16;/h5-6,8,10,16H,3-4,7,9,11-13H2,1-2H3;1H. The predicted molar refractivity (Wildman–Crippen MR) is 80.0 cm³/mol. The Balaban J connectivity index is 0.00000220. The molecule has 1 aliphatic carbocycles. The molecule has 21 heavy (non-hydrogen) atoms. The van der Waals surface area contributed by atoms with Crippen LogP contribution in [0.25, 0.3) is 0 Å². The van der Waals surface area contributed by atoms with Crippen LogP contribution < -0.4 is 17.3 Å². The number of hydrogen-bond acceptors (Lipinski definition) is 2. The van der Waals surface area contributed by atoms with Gasteiger partial charge in [-0.2, -0.15) is 0 Å². The van der Waals surface area contributed by atoms with Crippen molar-refractivity contribution in [2.45, 2.75) is 39.0 Å². The quantitative estimate of drug-likeness (QED) is 0.654. The molecule has 0 aliphatic heterocycles. The number of benzene rings is 1. The second kappa shape index (κ2) is 9.06. The molecule has 0 amide bonds. The lowest BCUT2D eigenvalue weighted by Gasteiger charge is -2.24. The van der Waals surface area contributed by atoms with E-state index in [4.69, 9.17) is 4.74 Å². The van der Waals surface area contributed by atoms with Crippen molar-refractivity contribution in [2.24, 2.45) is 0 Å². The molecule has 0 saturated heterocycles. The number of quaternary nitrogens is 1. The number of carbonyl (C=O) groups excluding carboxylic acids is 1. The minimum absolute atomic E-state index is 0. The van der Waals surface area contributed by atoms with Gasteiger partial charge in [0.2, 0.25) is 0 Å². The van der Waals surface area contributed by atoms with Gasteiger partial charge in [-0.15, -0.1) is 0 Å². The molecule has 0 radical (unpaired) electrons. The molecule has 0 bridgehead atoms. The Hall–Kier alpha value is -1.06. The van der Waals surface area contributed by atoms with Crippen LogP contribution in [0.1, 0.15) is 43.7 Å². The molecule has 0 saturated carbocycles. The van der Waals surface area contributed by atoms with E-state index in [1.807, 2.05) is 6.07 Å². The van der Waals surface area contributed by atoms with Gasteiger partial charge < -0.3 is 22.0 Å². The Morgan fingerprint density at radius 3 is 2.71 bits per heavy atom. The van der Waals surface area contributed by atoms with E-state index in [1.54, 1.807) is 0 Å². The third-order valence-corrected chi connectivity index (χ3v) is 4.35. The van der Waals surface area contributed by atoms with Gasteiger partial charge in [0.25, 0.3) is 0 Å². The largest absolute Gasteiger partial charge is 1.00 e. The van der Waals surface area contributed by atoms with E-state index in [-0.39, 0.29) is 24.3 Å². The summed E-state index contributed by atoms with van der Waals surface area (Å²) in [6, 6.07) is 8.28. The van der Waals surface area contributed by atoms with Crippen LogP contribution in [-0.2, 0) is 16.0 Å². The van der Waals surface area contributed by atoms with Crippen molar-refractivity contribution in [1.29, 1.82) is 0 Å². The van der Waals surface area contributed by atoms with E-state index in [0.717, 1.165) is 38.9 Å². The summed E-state index contributed by atoms with van der Waals surface area (Å²) in [6.45, 7) is 7.94. The fourth-order valence-electron chi connectivity index (χ4n) is 3.00. The van der Waals surface area contributed by atoms with Crippen LogP contribution in [0.4, 0.5) is 0 Å². The van der Waals surface area contributed by atoms with E-state index in [1.165, 1.54) is 16.0 Å². The van der Waals surface area contributed by atoms with Gasteiger partial charge in [0.1, 0.15) is 13.2 Å². The molecule has 0 heterocycles. The Morgan fingerprint density at radius 2 is 2.00 bits per heavy atom.